The van der Waals surface area contributed by atoms with Gasteiger partial charge in [-0.1, -0.05) is 17.7 Å². The molecule has 0 saturated heterocycles. The lowest BCUT2D eigenvalue weighted by Gasteiger charge is -2.13. The van der Waals surface area contributed by atoms with Crippen molar-refractivity contribution >= 4 is 34.3 Å². The molecule has 0 bridgehead atoms. The Morgan fingerprint density at radius 3 is 2.43 bits per heavy atom. The minimum absolute atomic E-state index is 0.263. The molecule has 0 radical (unpaired) electrons. The molecule has 0 N–H and O–H groups in total. The number of halogens is 1. The van der Waals surface area contributed by atoms with E-state index in [0.717, 1.165) is 27.2 Å². The Morgan fingerprint density at radius 1 is 1.13 bits per heavy atom. The van der Waals surface area contributed by atoms with Crippen LogP contribution in [0.3, 0.4) is 0 Å². The summed E-state index contributed by atoms with van der Waals surface area (Å²) in [5, 5.41) is 0.584. The summed E-state index contributed by atoms with van der Waals surface area (Å²) in [6.07, 6.45) is 0. The second kappa shape index (κ2) is 6.70. The summed E-state index contributed by atoms with van der Waals surface area (Å²) in [5.41, 5.74) is 2.96. The number of fused-ring (bicyclic) bond motifs is 3. The zero-order chi connectivity index (χ0) is 22.1. The second-order valence-corrected chi connectivity index (χ2v) is 8.10. The highest BCUT2D eigenvalue weighted by Gasteiger charge is 2.26. The summed E-state index contributed by atoms with van der Waals surface area (Å²) in [7, 11) is 1.55. The van der Waals surface area contributed by atoms with Gasteiger partial charge < -0.3 is 0 Å². The van der Waals surface area contributed by atoms with Gasteiger partial charge in [-0.25, -0.2) is 9.36 Å². The lowest BCUT2D eigenvalue weighted by Crippen LogP contribution is -2.42. The van der Waals surface area contributed by atoms with Crippen LogP contribution in [0.2, 0.25) is 5.02 Å². The molecule has 4 aromatic rings. The molecule has 1 aromatic carbocycles. The van der Waals surface area contributed by atoms with E-state index in [-0.39, 0.29) is 16.9 Å². The van der Waals surface area contributed by atoms with Gasteiger partial charge in [0, 0.05) is 23.5 Å². The third-order valence-electron chi connectivity index (χ3n) is 5.86. The standard InChI is InChI=1S/C21H22ClN5O3/c1-10-7-8-15(22)9-16(10)25-11(2)12(3)26-17-18(23-20(25)26)24(6)21(30)27(19(17)29)13(4)14(5)28/h7-9,13H,1-6H3. The van der Waals surface area contributed by atoms with Gasteiger partial charge in [-0.2, -0.15) is 4.98 Å². The van der Waals surface area contributed by atoms with Crippen molar-refractivity contribution in [3.63, 3.8) is 0 Å². The molecular formula is C21H22ClN5O3. The van der Waals surface area contributed by atoms with E-state index in [1.165, 1.54) is 11.5 Å². The molecule has 30 heavy (non-hydrogen) atoms. The summed E-state index contributed by atoms with van der Waals surface area (Å²) in [6, 6.07) is 4.71. The molecule has 0 saturated carbocycles. The zero-order valence-corrected chi connectivity index (χ0v) is 18.4. The van der Waals surface area contributed by atoms with Crippen molar-refractivity contribution in [3.8, 4) is 5.69 Å². The molecule has 1 unspecified atom stereocenters. The predicted molar refractivity (Wildman–Crippen MR) is 116 cm³/mol. The largest absolute Gasteiger partial charge is 0.333 e. The Balaban J connectivity index is 2.23. The fraction of sp³-hybridized carbons (Fsp3) is 0.333. The van der Waals surface area contributed by atoms with Gasteiger partial charge in [-0.15, -0.1) is 0 Å². The predicted octanol–water partition coefficient (Wildman–Crippen LogP) is 2.87. The number of hydrogen-bond donors (Lipinski definition) is 0. The van der Waals surface area contributed by atoms with Crippen molar-refractivity contribution in [2.45, 2.75) is 40.7 Å². The molecule has 9 heteroatoms. The van der Waals surface area contributed by atoms with Crippen LogP contribution in [0.15, 0.2) is 27.8 Å². The fourth-order valence-corrected chi connectivity index (χ4v) is 4.02. The van der Waals surface area contributed by atoms with E-state index in [1.54, 1.807) is 18.4 Å². The number of Topliss-reactive ketones (excluding diaryl/α,β-unsaturated/α-hetero) is 1. The zero-order valence-electron chi connectivity index (χ0n) is 17.6. The van der Waals surface area contributed by atoms with Crippen molar-refractivity contribution in [1.82, 2.24) is 23.1 Å². The summed E-state index contributed by atoms with van der Waals surface area (Å²) in [4.78, 5) is 42.8. The monoisotopic (exact) mass is 427 g/mol. The van der Waals surface area contributed by atoms with E-state index >= 15 is 0 Å². The van der Waals surface area contributed by atoms with Crippen LogP contribution >= 0.6 is 11.6 Å². The van der Waals surface area contributed by atoms with E-state index in [0.29, 0.717) is 10.8 Å². The van der Waals surface area contributed by atoms with Crippen molar-refractivity contribution in [1.29, 1.82) is 0 Å². The van der Waals surface area contributed by atoms with Gasteiger partial charge in [0.05, 0.1) is 11.7 Å². The first-order valence-corrected chi connectivity index (χ1v) is 9.92. The van der Waals surface area contributed by atoms with Crippen LogP contribution in [0, 0.1) is 20.8 Å². The average molecular weight is 428 g/mol. The fourth-order valence-electron chi connectivity index (χ4n) is 3.85. The molecule has 0 spiro atoms. The molecule has 0 aliphatic rings. The van der Waals surface area contributed by atoms with E-state index in [2.05, 4.69) is 4.98 Å². The van der Waals surface area contributed by atoms with Crippen LogP contribution in [-0.2, 0) is 11.8 Å². The van der Waals surface area contributed by atoms with Crippen LogP contribution in [0.5, 0.6) is 0 Å². The number of ketones is 1. The summed E-state index contributed by atoms with van der Waals surface area (Å²) < 4.78 is 5.98. The molecule has 3 aromatic heterocycles. The van der Waals surface area contributed by atoms with Crippen molar-refractivity contribution in [2.24, 2.45) is 7.05 Å². The number of carbonyl (C=O) groups is 1. The maximum atomic E-state index is 13.4. The second-order valence-electron chi connectivity index (χ2n) is 7.66. The van der Waals surface area contributed by atoms with E-state index in [4.69, 9.17) is 11.6 Å². The van der Waals surface area contributed by atoms with E-state index < -0.39 is 17.3 Å². The van der Waals surface area contributed by atoms with Crippen LogP contribution in [0.25, 0.3) is 22.6 Å². The molecule has 3 heterocycles. The van der Waals surface area contributed by atoms with Gasteiger partial charge in [0.2, 0.25) is 5.78 Å². The van der Waals surface area contributed by atoms with Crippen LogP contribution in [0.1, 0.15) is 36.8 Å². The number of aromatic nitrogens is 5. The maximum Gasteiger partial charge on any atom is 0.333 e. The Bertz CT molecular complexity index is 1490. The lowest BCUT2D eigenvalue weighted by molar-refractivity contribution is -0.119. The van der Waals surface area contributed by atoms with Crippen LogP contribution in [0.4, 0.5) is 0 Å². The normalized spacial score (nSPS) is 12.8. The van der Waals surface area contributed by atoms with Crippen LogP contribution in [-0.4, -0.2) is 28.9 Å². The first kappa shape index (κ1) is 20.2. The quantitative estimate of drug-likeness (QED) is 0.503. The number of aryl methyl sites for hydroxylation is 3. The third kappa shape index (κ3) is 2.60. The number of hydrogen-bond acceptors (Lipinski definition) is 4. The summed E-state index contributed by atoms with van der Waals surface area (Å²) >= 11 is 6.24. The Morgan fingerprint density at radius 2 is 1.80 bits per heavy atom. The van der Waals surface area contributed by atoms with Gasteiger partial charge in [0.15, 0.2) is 16.9 Å². The molecular weight excluding hydrogens is 406 g/mol. The first-order chi connectivity index (χ1) is 14.1. The number of rotatable bonds is 3. The number of benzene rings is 1. The Kier molecular flexibility index (Phi) is 4.50. The first-order valence-electron chi connectivity index (χ1n) is 9.54. The molecule has 0 aliphatic heterocycles. The molecule has 0 aliphatic carbocycles. The Hall–Kier alpha value is -3.13. The van der Waals surface area contributed by atoms with Crippen molar-refractivity contribution < 1.29 is 4.79 Å². The molecule has 156 valence electrons. The molecule has 0 fully saturated rings. The minimum Gasteiger partial charge on any atom is -0.298 e. The van der Waals surface area contributed by atoms with Gasteiger partial charge in [-0.05, 0) is 52.3 Å². The molecule has 8 nitrogen and oxygen atoms in total. The number of imidazole rings is 2. The summed E-state index contributed by atoms with van der Waals surface area (Å²) in [6.45, 7) is 8.71. The summed E-state index contributed by atoms with van der Waals surface area (Å²) in [5.74, 6) is 0.236. The average Bonchev–Trinajstić information content (AvgIpc) is 3.18. The van der Waals surface area contributed by atoms with Gasteiger partial charge >= 0.3 is 5.69 Å². The highest BCUT2D eigenvalue weighted by atomic mass is 35.5. The third-order valence-corrected chi connectivity index (χ3v) is 6.09. The van der Waals surface area contributed by atoms with E-state index in [1.807, 2.05) is 43.5 Å². The van der Waals surface area contributed by atoms with Gasteiger partial charge in [0.1, 0.15) is 0 Å². The molecule has 4 rings (SSSR count). The molecule has 0 amide bonds. The highest BCUT2D eigenvalue weighted by Crippen LogP contribution is 2.28. The van der Waals surface area contributed by atoms with Gasteiger partial charge in [-0.3, -0.25) is 23.1 Å². The number of nitrogens with zero attached hydrogens (tertiary/aromatic N) is 5. The van der Waals surface area contributed by atoms with Crippen molar-refractivity contribution in [2.75, 3.05) is 0 Å². The smallest absolute Gasteiger partial charge is 0.298 e. The minimum atomic E-state index is -0.871. The van der Waals surface area contributed by atoms with Crippen molar-refractivity contribution in [3.05, 3.63) is 61.0 Å². The molecule has 1 atom stereocenters. The SMILES string of the molecule is CC(=O)C(C)n1c(=O)c2c(nc3n(-c4cc(Cl)ccc4C)c(C)c(C)n23)n(C)c1=O. The van der Waals surface area contributed by atoms with Crippen LogP contribution < -0.4 is 11.2 Å². The van der Waals surface area contributed by atoms with E-state index in [9.17, 15) is 14.4 Å². The topological polar surface area (TPSA) is 83.3 Å². The lowest BCUT2D eigenvalue weighted by atomic mass is 10.2. The van der Waals surface area contributed by atoms with Gasteiger partial charge in [0.25, 0.3) is 5.56 Å². The number of carbonyl (C=O) groups excluding carboxylic acids is 1. The Labute approximate surface area is 176 Å². The highest BCUT2D eigenvalue weighted by molar-refractivity contribution is 6.30. The maximum absolute atomic E-state index is 13.4.